The summed E-state index contributed by atoms with van der Waals surface area (Å²) in [5.74, 6) is -0.411. The fraction of sp³-hybridized carbons (Fsp3) is 0.176. The third-order valence-electron chi connectivity index (χ3n) is 4.24. The van der Waals surface area contributed by atoms with E-state index in [1.54, 1.807) is 34.5 Å². The smallest absolute Gasteiger partial charge is 0.266 e. The van der Waals surface area contributed by atoms with Crippen molar-refractivity contribution in [2.75, 3.05) is 12.3 Å². The third-order valence-corrected chi connectivity index (χ3v) is 5.16. The number of nitrogens with zero attached hydrogens (tertiary/aromatic N) is 2. The van der Waals surface area contributed by atoms with Gasteiger partial charge in [0.2, 0.25) is 0 Å². The molecule has 0 saturated carbocycles. The van der Waals surface area contributed by atoms with Gasteiger partial charge in [0, 0.05) is 29.8 Å². The highest BCUT2D eigenvalue weighted by atomic mass is 32.1. The lowest BCUT2D eigenvalue weighted by atomic mass is 10.0. The number of halogens is 1. The molecule has 122 valence electrons. The van der Waals surface area contributed by atoms with Crippen LogP contribution in [0.15, 0.2) is 35.7 Å². The Hall–Kier alpha value is -2.67. The van der Waals surface area contributed by atoms with Crippen molar-refractivity contribution in [2.45, 2.75) is 13.0 Å². The van der Waals surface area contributed by atoms with E-state index in [0.717, 1.165) is 11.3 Å². The molecule has 2 aromatic heterocycles. The van der Waals surface area contributed by atoms with Crippen LogP contribution in [-0.4, -0.2) is 27.5 Å². The fourth-order valence-corrected chi connectivity index (χ4v) is 3.77. The summed E-state index contributed by atoms with van der Waals surface area (Å²) in [6.45, 7) is 0.980. The number of nitrogens with one attached hydrogen (secondary N) is 1. The van der Waals surface area contributed by atoms with Gasteiger partial charge < -0.3 is 10.6 Å². The average Bonchev–Trinajstić information content (AvgIpc) is 3.20. The number of aromatic nitrogens is 2. The van der Waals surface area contributed by atoms with E-state index in [1.165, 1.54) is 17.4 Å². The monoisotopic (exact) mass is 342 g/mol. The van der Waals surface area contributed by atoms with Crippen LogP contribution in [0.4, 0.5) is 10.1 Å². The second-order valence-corrected chi connectivity index (χ2v) is 6.61. The lowest BCUT2D eigenvalue weighted by Crippen LogP contribution is -2.35. The molecule has 24 heavy (non-hydrogen) atoms. The first-order valence-corrected chi connectivity index (χ1v) is 8.46. The fourth-order valence-electron chi connectivity index (χ4n) is 2.98. The van der Waals surface area contributed by atoms with E-state index >= 15 is 0 Å². The van der Waals surface area contributed by atoms with Crippen molar-refractivity contribution in [3.63, 3.8) is 0 Å². The van der Waals surface area contributed by atoms with E-state index in [9.17, 15) is 9.18 Å². The molecule has 0 bridgehead atoms. The largest absolute Gasteiger partial charge is 0.397 e. The van der Waals surface area contributed by atoms with Crippen LogP contribution in [0.2, 0.25) is 0 Å². The highest BCUT2D eigenvalue weighted by Gasteiger charge is 2.28. The molecule has 1 aliphatic heterocycles. The van der Waals surface area contributed by atoms with Crippen molar-refractivity contribution >= 4 is 22.9 Å². The molecule has 0 aliphatic carbocycles. The van der Waals surface area contributed by atoms with Crippen molar-refractivity contribution < 1.29 is 9.18 Å². The second kappa shape index (κ2) is 5.76. The molecular formula is C17H15FN4OS. The van der Waals surface area contributed by atoms with E-state index in [1.807, 2.05) is 0 Å². The van der Waals surface area contributed by atoms with Gasteiger partial charge in [0.1, 0.15) is 16.4 Å². The van der Waals surface area contributed by atoms with Crippen LogP contribution in [0.5, 0.6) is 0 Å². The Kier molecular flexibility index (Phi) is 3.57. The number of nitrogen functional groups attached to an aromatic ring is 1. The normalized spacial score (nSPS) is 13.8. The molecule has 1 amide bonds. The highest BCUT2D eigenvalue weighted by molar-refractivity contribution is 7.12. The van der Waals surface area contributed by atoms with E-state index < -0.39 is 0 Å². The van der Waals surface area contributed by atoms with Crippen LogP contribution in [-0.2, 0) is 13.0 Å². The quantitative estimate of drug-likeness (QED) is 0.751. The number of benzene rings is 1. The number of aromatic amines is 1. The van der Waals surface area contributed by atoms with E-state index in [2.05, 4.69) is 10.2 Å². The Morgan fingerprint density at radius 3 is 2.92 bits per heavy atom. The maximum Gasteiger partial charge on any atom is 0.266 e. The van der Waals surface area contributed by atoms with E-state index in [0.29, 0.717) is 41.3 Å². The predicted molar refractivity (Wildman–Crippen MR) is 91.2 cm³/mol. The van der Waals surface area contributed by atoms with E-state index in [4.69, 9.17) is 5.73 Å². The molecule has 0 radical (unpaired) electrons. The molecule has 0 saturated heterocycles. The number of H-pyrrole nitrogens is 1. The zero-order chi connectivity index (χ0) is 16.7. The van der Waals surface area contributed by atoms with Crippen LogP contribution in [0.3, 0.4) is 0 Å². The highest BCUT2D eigenvalue weighted by Crippen LogP contribution is 2.31. The SMILES string of the molecule is Nc1ccsc1C(=O)N1CCc2[nH]nc(-c3ccccc3F)c2C1. The summed E-state index contributed by atoms with van der Waals surface area (Å²) in [5, 5.41) is 9.06. The lowest BCUT2D eigenvalue weighted by molar-refractivity contribution is 0.0740. The zero-order valence-electron chi connectivity index (χ0n) is 12.8. The van der Waals surface area contributed by atoms with E-state index in [-0.39, 0.29) is 11.7 Å². The van der Waals surface area contributed by atoms with Gasteiger partial charge in [0.25, 0.3) is 5.91 Å². The molecule has 0 unspecified atom stereocenters. The minimum Gasteiger partial charge on any atom is -0.397 e. The minimum absolute atomic E-state index is 0.0890. The Morgan fingerprint density at radius 1 is 1.33 bits per heavy atom. The Morgan fingerprint density at radius 2 is 2.17 bits per heavy atom. The molecule has 7 heteroatoms. The number of nitrogens with two attached hydrogens (primary N) is 1. The lowest BCUT2D eigenvalue weighted by Gasteiger charge is -2.27. The van der Waals surface area contributed by atoms with Crippen LogP contribution >= 0.6 is 11.3 Å². The maximum absolute atomic E-state index is 14.1. The molecule has 3 aromatic rings. The third kappa shape index (κ3) is 2.37. The van der Waals surface area contributed by atoms with Gasteiger partial charge in [-0.2, -0.15) is 5.10 Å². The first-order chi connectivity index (χ1) is 11.6. The zero-order valence-corrected chi connectivity index (χ0v) is 13.6. The second-order valence-electron chi connectivity index (χ2n) is 5.69. The molecule has 5 nitrogen and oxygen atoms in total. The molecule has 3 heterocycles. The predicted octanol–water partition coefficient (Wildman–Crippen LogP) is 3.06. The number of hydrogen-bond donors (Lipinski definition) is 2. The molecule has 1 aromatic carbocycles. The number of amides is 1. The number of fused-ring (bicyclic) bond motifs is 1. The summed E-state index contributed by atoms with van der Waals surface area (Å²) in [5.41, 5.74) is 9.19. The van der Waals surface area contributed by atoms with Gasteiger partial charge in [-0.05, 0) is 23.6 Å². The summed E-state index contributed by atoms with van der Waals surface area (Å²) < 4.78 is 14.1. The van der Waals surface area contributed by atoms with Crippen LogP contribution in [0, 0.1) is 5.82 Å². The van der Waals surface area contributed by atoms with Gasteiger partial charge in [-0.3, -0.25) is 9.89 Å². The summed E-state index contributed by atoms with van der Waals surface area (Å²) in [7, 11) is 0. The molecular weight excluding hydrogens is 327 g/mol. The number of carbonyl (C=O) groups is 1. The summed E-state index contributed by atoms with van der Waals surface area (Å²) >= 11 is 1.34. The standard InChI is InChI=1S/C17H15FN4OS/c18-12-4-2-1-3-10(12)15-11-9-22(7-5-14(11)20-21-15)17(23)16-13(19)6-8-24-16/h1-4,6,8H,5,7,9,19H2,(H,20,21). The van der Waals surface area contributed by atoms with Crippen molar-refractivity contribution in [2.24, 2.45) is 0 Å². The summed E-state index contributed by atoms with van der Waals surface area (Å²) in [4.78, 5) is 15.0. The maximum atomic E-state index is 14.1. The van der Waals surface area contributed by atoms with Gasteiger partial charge in [-0.15, -0.1) is 11.3 Å². The summed E-state index contributed by atoms with van der Waals surface area (Å²) in [6, 6.07) is 8.26. The molecule has 1 aliphatic rings. The number of anilines is 1. The van der Waals surface area contributed by atoms with Gasteiger partial charge in [-0.25, -0.2) is 4.39 Å². The molecule has 0 spiro atoms. The first-order valence-electron chi connectivity index (χ1n) is 7.58. The van der Waals surface area contributed by atoms with Crippen molar-refractivity contribution in [3.05, 3.63) is 57.7 Å². The molecule has 0 atom stereocenters. The number of thiophene rings is 1. The molecule has 3 N–H and O–H groups in total. The molecule has 0 fully saturated rings. The van der Waals surface area contributed by atoms with Gasteiger partial charge in [0.05, 0.1) is 12.2 Å². The Balaban J connectivity index is 1.68. The summed E-state index contributed by atoms with van der Waals surface area (Å²) in [6.07, 6.45) is 0.661. The number of rotatable bonds is 2. The Bertz CT molecular complexity index is 917. The number of hydrogen-bond acceptors (Lipinski definition) is 4. The van der Waals surface area contributed by atoms with Crippen molar-refractivity contribution in [3.8, 4) is 11.3 Å². The minimum atomic E-state index is -0.322. The van der Waals surface area contributed by atoms with Crippen molar-refractivity contribution in [1.82, 2.24) is 15.1 Å². The topological polar surface area (TPSA) is 75.0 Å². The van der Waals surface area contributed by atoms with Gasteiger partial charge in [-0.1, -0.05) is 12.1 Å². The van der Waals surface area contributed by atoms with Gasteiger partial charge >= 0.3 is 0 Å². The van der Waals surface area contributed by atoms with Crippen molar-refractivity contribution in [1.29, 1.82) is 0 Å². The van der Waals surface area contributed by atoms with Gasteiger partial charge in [0.15, 0.2) is 0 Å². The average molecular weight is 342 g/mol. The molecule has 4 rings (SSSR count). The van der Waals surface area contributed by atoms with Crippen LogP contribution < -0.4 is 5.73 Å². The number of carbonyl (C=O) groups excluding carboxylic acids is 1. The first kappa shape index (κ1) is 14.9. The van der Waals surface area contributed by atoms with Crippen LogP contribution in [0.25, 0.3) is 11.3 Å². The Labute approximate surface area is 141 Å². The van der Waals surface area contributed by atoms with Crippen LogP contribution in [0.1, 0.15) is 20.9 Å².